The number of aromatic nitrogens is 2. The highest BCUT2D eigenvalue weighted by atomic mass is 32.1. The second kappa shape index (κ2) is 9.25. The van der Waals surface area contributed by atoms with E-state index in [2.05, 4.69) is 10.3 Å². The minimum atomic E-state index is -0.218. The quantitative estimate of drug-likeness (QED) is 0.303. The number of methoxy groups -OCH3 is 1. The average molecular weight is 485 g/mol. The average Bonchev–Trinajstić information content (AvgIpc) is 3.47. The van der Waals surface area contributed by atoms with Crippen LogP contribution < -0.4 is 15.8 Å². The van der Waals surface area contributed by atoms with Crippen LogP contribution >= 0.6 is 11.3 Å². The SMILES string of the molecule is COc1cc(-c2csc3c(C=CCO)cnc(N)c23)ccc1NC(=O)c1cc2ccccc2n1C. The number of anilines is 2. The summed E-state index contributed by atoms with van der Waals surface area (Å²) in [6.07, 6.45) is 5.21. The molecule has 0 atom stereocenters. The molecular weight excluding hydrogens is 460 g/mol. The Hall–Kier alpha value is -4.14. The zero-order valence-corrected chi connectivity index (χ0v) is 20.1. The number of carbonyl (C=O) groups excluding carboxylic acids is 1. The van der Waals surface area contributed by atoms with Gasteiger partial charge in [0.2, 0.25) is 0 Å². The van der Waals surface area contributed by atoms with Gasteiger partial charge in [-0.05, 0) is 35.2 Å². The topological polar surface area (TPSA) is 102 Å². The fraction of sp³-hybridized carbons (Fsp3) is 0.111. The Morgan fingerprint density at radius 3 is 2.86 bits per heavy atom. The van der Waals surface area contributed by atoms with E-state index in [0.29, 0.717) is 22.9 Å². The number of carbonyl (C=O) groups is 1. The van der Waals surface area contributed by atoms with Crippen molar-refractivity contribution < 1.29 is 14.6 Å². The van der Waals surface area contributed by atoms with Crippen LogP contribution in [0.25, 0.3) is 38.2 Å². The summed E-state index contributed by atoms with van der Waals surface area (Å²) < 4.78 is 8.49. The highest BCUT2D eigenvalue weighted by molar-refractivity contribution is 7.18. The molecule has 0 saturated heterocycles. The molecule has 0 saturated carbocycles. The molecule has 1 amide bonds. The standard InChI is InChI=1S/C27H24N4O3S/c1-31-21-8-4-3-6-17(21)12-22(31)27(33)30-20-10-9-16(13-23(20)34-2)19-15-35-25-18(7-5-11-32)14-29-26(28)24(19)25/h3-10,12-15,32H,11H2,1-2H3,(H2,28,29)(H,30,33). The molecule has 2 aromatic carbocycles. The number of para-hydroxylation sites is 1. The summed E-state index contributed by atoms with van der Waals surface area (Å²) >= 11 is 1.56. The van der Waals surface area contributed by atoms with Gasteiger partial charge in [-0.1, -0.05) is 36.4 Å². The molecule has 5 aromatic rings. The lowest BCUT2D eigenvalue weighted by Gasteiger charge is -2.13. The number of nitrogens with zero attached hydrogens (tertiary/aromatic N) is 2. The van der Waals surface area contributed by atoms with Crippen molar-refractivity contribution in [3.63, 3.8) is 0 Å². The number of aryl methyl sites for hydroxylation is 1. The van der Waals surface area contributed by atoms with E-state index >= 15 is 0 Å². The number of benzene rings is 2. The molecule has 0 fully saturated rings. The summed E-state index contributed by atoms with van der Waals surface area (Å²) in [4.78, 5) is 17.4. The van der Waals surface area contributed by atoms with Gasteiger partial charge in [0.15, 0.2) is 0 Å². The predicted molar refractivity (Wildman–Crippen MR) is 143 cm³/mol. The number of aliphatic hydroxyl groups excluding tert-OH is 1. The molecule has 0 aliphatic rings. The van der Waals surface area contributed by atoms with E-state index in [1.54, 1.807) is 30.7 Å². The first kappa shape index (κ1) is 22.6. The Bertz CT molecular complexity index is 1600. The van der Waals surface area contributed by atoms with Crippen LogP contribution in [0.5, 0.6) is 5.75 Å². The third-order valence-corrected chi connectivity index (χ3v) is 7.03. The number of rotatable bonds is 6. The number of nitrogens with two attached hydrogens (primary N) is 1. The first-order chi connectivity index (χ1) is 17.0. The second-order valence-electron chi connectivity index (χ2n) is 8.05. The minimum Gasteiger partial charge on any atom is -0.495 e. The summed E-state index contributed by atoms with van der Waals surface area (Å²) in [6, 6.07) is 15.4. The van der Waals surface area contributed by atoms with Crippen LogP contribution in [0.1, 0.15) is 16.1 Å². The molecule has 35 heavy (non-hydrogen) atoms. The third-order valence-electron chi connectivity index (χ3n) is 6.00. The van der Waals surface area contributed by atoms with Crippen LogP contribution in [0, 0.1) is 0 Å². The highest BCUT2D eigenvalue weighted by Crippen LogP contribution is 2.41. The molecule has 0 aliphatic carbocycles. The van der Waals surface area contributed by atoms with Crippen LogP contribution in [-0.4, -0.2) is 34.3 Å². The summed E-state index contributed by atoms with van der Waals surface area (Å²) in [6.45, 7) is -0.0483. The molecule has 0 aliphatic heterocycles. The number of thiophene rings is 1. The molecule has 0 bridgehead atoms. The van der Waals surface area contributed by atoms with Crippen LogP contribution in [0.3, 0.4) is 0 Å². The monoisotopic (exact) mass is 484 g/mol. The zero-order chi connectivity index (χ0) is 24.5. The van der Waals surface area contributed by atoms with E-state index in [1.807, 2.05) is 71.6 Å². The van der Waals surface area contributed by atoms with E-state index in [0.717, 1.165) is 37.7 Å². The molecule has 0 radical (unpaired) electrons. The highest BCUT2D eigenvalue weighted by Gasteiger charge is 2.18. The number of pyridine rings is 1. The largest absolute Gasteiger partial charge is 0.495 e. The molecule has 176 valence electrons. The molecule has 3 aromatic heterocycles. The van der Waals surface area contributed by atoms with E-state index in [1.165, 1.54) is 0 Å². The first-order valence-corrected chi connectivity index (χ1v) is 11.9. The Labute approximate surface area is 206 Å². The lowest BCUT2D eigenvalue weighted by atomic mass is 10.0. The van der Waals surface area contributed by atoms with Crippen molar-refractivity contribution >= 4 is 55.8 Å². The number of nitrogen functional groups attached to an aromatic ring is 1. The summed E-state index contributed by atoms with van der Waals surface area (Å²) in [5, 5.41) is 16.0. The van der Waals surface area contributed by atoms with Gasteiger partial charge in [-0.2, -0.15) is 0 Å². The number of ether oxygens (including phenoxy) is 1. The van der Waals surface area contributed by atoms with Gasteiger partial charge in [-0.15, -0.1) is 11.3 Å². The lowest BCUT2D eigenvalue weighted by molar-refractivity contribution is 0.101. The van der Waals surface area contributed by atoms with Gasteiger partial charge >= 0.3 is 0 Å². The normalized spacial score (nSPS) is 11.5. The molecule has 5 rings (SSSR count). The van der Waals surface area contributed by atoms with Gasteiger partial charge < -0.3 is 25.5 Å². The maximum atomic E-state index is 13.1. The van der Waals surface area contributed by atoms with Crippen molar-refractivity contribution in [2.75, 3.05) is 24.8 Å². The fourth-order valence-corrected chi connectivity index (χ4v) is 5.33. The number of hydrogen-bond acceptors (Lipinski definition) is 6. The second-order valence-corrected chi connectivity index (χ2v) is 8.93. The molecule has 0 unspecified atom stereocenters. The number of fused-ring (bicyclic) bond motifs is 2. The summed E-state index contributed by atoms with van der Waals surface area (Å²) in [5.41, 5.74) is 11.1. The van der Waals surface area contributed by atoms with Crippen LogP contribution in [0.4, 0.5) is 11.5 Å². The van der Waals surface area contributed by atoms with Gasteiger partial charge in [0.25, 0.3) is 5.91 Å². The van der Waals surface area contributed by atoms with Crippen LogP contribution in [0.2, 0.25) is 0 Å². The van der Waals surface area contributed by atoms with Gasteiger partial charge in [-0.3, -0.25) is 4.79 Å². The predicted octanol–water partition coefficient (Wildman–Crippen LogP) is 5.30. The van der Waals surface area contributed by atoms with Crippen molar-refractivity contribution in [1.29, 1.82) is 0 Å². The van der Waals surface area contributed by atoms with Crippen LogP contribution in [-0.2, 0) is 7.05 Å². The maximum Gasteiger partial charge on any atom is 0.272 e. The zero-order valence-electron chi connectivity index (χ0n) is 19.3. The number of amides is 1. The van der Waals surface area contributed by atoms with Crippen molar-refractivity contribution in [2.24, 2.45) is 7.05 Å². The first-order valence-electron chi connectivity index (χ1n) is 11.0. The van der Waals surface area contributed by atoms with Gasteiger partial charge in [0, 0.05) is 45.4 Å². The Kier molecular flexibility index (Phi) is 5.98. The number of aliphatic hydroxyl groups is 1. The molecule has 3 heterocycles. The third kappa shape index (κ3) is 4.03. The maximum absolute atomic E-state index is 13.1. The van der Waals surface area contributed by atoms with E-state index < -0.39 is 0 Å². The van der Waals surface area contributed by atoms with E-state index in [4.69, 9.17) is 15.6 Å². The molecule has 7 nitrogen and oxygen atoms in total. The Morgan fingerprint density at radius 2 is 2.09 bits per heavy atom. The fourth-order valence-electron chi connectivity index (χ4n) is 4.25. The molecular formula is C27H24N4O3S. The van der Waals surface area contributed by atoms with E-state index in [9.17, 15) is 4.79 Å². The Morgan fingerprint density at radius 1 is 1.26 bits per heavy atom. The van der Waals surface area contributed by atoms with E-state index in [-0.39, 0.29) is 12.5 Å². The smallest absolute Gasteiger partial charge is 0.272 e. The Balaban J connectivity index is 1.50. The van der Waals surface area contributed by atoms with Crippen LogP contribution in [0.15, 0.2) is 66.2 Å². The molecule has 8 heteroatoms. The number of hydrogen-bond donors (Lipinski definition) is 3. The van der Waals surface area contributed by atoms with Gasteiger partial charge in [-0.25, -0.2) is 4.98 Å². The molecule has 0 spiro atoms. The summed E-state index contributed by atoms with van der Waals surface area (Å²) in [5.74, 6) is 0.755. The van der Waals surface area contributed by atoms with Crippen molar-refractivity contribution in [3.8, 4) is 16.9 Å². The molecule has 4 N–H and O–H groups in total. The van der Waals surface area contributed by atoms with Gasteiger partial charge in [0.1, 0.15) is 17.3 Å². The number of nitrogens with one attached hydrogen (secondary N) is 1. The lowest BCUT2D eigenvalue weighted by Crippen LogP contribution is -2.16. The van der Waals surface area contributed by atoms with Gasteiger partial charge in [0.05, 0.1) is 19.4 Å². The van der Waals surface area contributed by atoms with Crippen molar-refractivity contribution in [3.05, 3.63) is 77.4 Å². The summed E-state index contributed by atoms with van der Waals surface area (Å²) in [7, 11) is 3.45. The van der Waals surface area contributed by atoms with Crippen molar-refractivity contribution in [2.45, 2.75) is 0 Å². The van der Waals surface area contributed by atoms with Crippen molar-refractivity contribution in [1.82, 2.24) is 9.55 Å². The minimum absolute atomic E-state index is 0.0483.